The molecular formula is C27H34N4O3S. The Morgan fingerprint density at radius 3 is 2.60 bits per heavy atom. The number of aromatic nitrogens is 3. The van der Waals surface area contributed by atoms with Gasteiger partial charge in [0.2, 0.25) is 4.77 Å². The van der Waals surface area contributed by atoms with Gasteiger partial charge < -0.3 is 9.47 Å². The van der Waals surface area contributed by atoms with Crippen molar-refractivity contribution in [2.24, 2.45) is 5.92 Å². The van der Waals surface area contributed by atoms with Crippen molar-refractivity contribution >= 4 is 18.2 Å². The fourth-order valence-corrected chi connectivity index (χ4v) is 4.93. The maximum atomic E-state index is 12.3. The number of methoxy groups -OCH3 is 1. The number of para-hydroxylation sites is 1. The van der Waals surface area contributed by atoms with Crippen LogP contribution < -0.4 is 4.74 Å². The summed E-state index contributed by atoms with van der Waals surface area (Å²) in [5.41, 5.74) is 3.20. The van der Waals surface area contributed by atoms with Gasteiger partial charge in [0.1, 0.15) is 5.75 Å². The zero-order valence-electron chi connectivity index (χ0n) is 20.9. The predicted molar refractivity (Wildman–Crippen MR) is 139 cm³/mol. The van der Waals surface area contributed by atoms with Crippen LogP contribution in [0.2, 0.25) is 0 Å². The first-order valence-electron chi connectivity index (χ1n) is 12.3. The van der Waals surface area contributed by atoms with Crippen LogP contribution in [0, 0.1) is 10.7 Å². The fraction of sp³-hybridized carbons (Fsp3) is 0.444. The summed E-state index contributed by atoms with van der Waals surface area (Å²) in [6.07, 6.45) is 1.80. The predicted octanol–water partition coefficient (Wildman–Crippen LogP) is 5.43. The highest BCUT2D eigenvalue weighted by Crippen LogP contribution is 2.30. The molecule has 7 nitrogen and oxygen atoms in total. The highest BCUT2D eigenvalue weighted by Gasteiger charge is 2.28. The molecule has 2 heterocycles. The van der Waals surface area contributed by atoms with Crippen molar-refractivity contribution in [3.05, 3.63) is 58.9 Å². The number of benzene rings is 2. The van der Waals surface area contributed by atoms with Crippen molar-refractivity contribution in [2.45, 2.75) is 46.2 Å². The molecule has 2 aromatic carbocycles. The molecule has 0 bridgehead atoms. The summed E-state index contributed by atoms with van der Waals surface area (Å²) in [5, 5.41) is 4.99. The van der Waals surface area contributed by atoms with Gasteiger partial charge in [-0.15, -0.1) is 5.10 Å². The average Bonchev–Trinajstić information content (AvgIpc) is 3.19. The molecule has 0 saturated carbocycles. The fourth-order valence-electron chi connectivity index (χ4n) is 4.65. The molecule has 3 aromatic rings. The van der Waals surface area contributed by atoms with Gasteiger partial charge in [0.25, 0.3) is 0 Å². The van der Waals surface area contributed by atoms with Crippen LogP contribution in [0.5, 0.6) is 5.75 Å². The molecule has 1 aromatic heterocycles. The number of hydrogen-bond donors (Lipinski definition) is 0. The van der Waals surface area contributed by atoms with E-state index in [0.29, 0.717) is 30.5 Å². The monoisotopic (exact) mass is 494 g/mol. The Labute approximate surface area is 212 Å². The van der Waals surface area contributed by atoms with Gasteiger partial charge in [-0.25, -0.2) is 4.68 Å². The van der Waals surface area contributed by atoms with Gasteiger partial charge in [-0.1, -0.05) is 32.0 Å². The Balaban J connectivity index is 1.74. The average molecular weight is 495 g/mol. The molecule has 0 aliphatic carbocycles. The van der Waals surface area contributed by atoms with Crippen LogP contribution in [0.25, 0.3) is 17.1 Å². The Bertz CT molecular complexity index is 1220. The minimum atomic E-state index is -0.115. The zero-order valence-corrected chi connectivity index (χ0v) is 21.8. The highest BCUT2D eigenvalue weighted by atomic mass is 32.1. The topological polar surface area (TPSA) is 61.5 Å². The molecule has 1 unspecified atom stereocenters. The molecule has 8 heteroatoms. The second-order valence-electron chi connectivity index (χ2n) is 9.19. The molecule has 0 N–H and O–H groups in total. The molecule has 0 amide bonds. The minimum absolute atomic E-state index is 0.109. The van der Waals surface area contributed by atoms with Crippen molar-refractivity contribution in [1.82, 2.24) is 19.2 Å². The largest absolute Gasteiger partial charge is 0.497 e. The molecule has 1 fully saturated rings. The Kier molecular flexibility index (Phi) is 8.03. The number of ether oxygens (including phenoxy) is 2. The van der Waals surface area contributed by atoms with Gasteiger partial charge in [0.05, 0.1) is 32.0 Å². The molecule has 0 spiro atoms. The number of piperidine rings is 1. The maximum absolute atomic E-state index is 12.3. The lowest BCUT2D eigenvalue weighted by atomic mass is 9.99. The van der Waals surface area contributed by atoms with Gasteiger partial charge in [-0.3, -0.25) is 14.3 Å². The summed E-state index contributed by atoms with van der Waals surface area (Å²) >= 11 is 6.00. The van der Waals surface area contributed by atoms with E-state index >= 15 is 0 Å². The van der Waals surface area contributed by atoms with Gasteiger partial charge in [0.15, 0.2) is 5.82 Å². The molecule has 0 radical (unpaired) electrons. The van der Waals surface area contributed by atoms with Gasteiger partial charge in [0, 0.05) is 12.1 Å². The number of carbonyl (C=O) groups excluding carboxylic acids is 1. The van der Waals surface area contributed by atoms with Crippen LogP contribution in [0.1, 0.15) is 45.1 Å². The third-order valence-corrected chi connectivity index (χ3v) is 6.84. The summed E-state index contributed by atoms with van der Waals surface area (Å²) in [6.45, 7) is 8.69. The van der Waals surface area contributed by atoms with E-state index in [1.54, 1.807) is 7.11 Å². The second kappa shape index (κ2) is 11.2. The molecule has 35 heavy (non-hydrogen) atoms. The lowest BCUT2D eigenvalue weighted by Gasteiger charge is -2.31. The zero-order chi connectivity index (χ0) is 24.9. The first-order chi connectivity index (χ1) is 16.9. The first kappa shape index (κ1) is 25.1. The van der Waals surface area contributed by atoms with Crippen LogP contribution in [-0.2, 0) is 16.2 Å². The van der Waals surface area contributed by atoms with Crippen LogP contribution in [-0.4, -0.2) is 52.0 Å². The number of hydrogen-bond acceptors (Lipinski definition) is 6. The SMILES string of the molecule is CCOC(=O)C1CCCN(Cn2nc(-c3ccc(OC)cc3)n(-c3ccccc3C(C)C)c2=S)C1. The number of carbonyl (C=O) groups is 1. The number of likely N-dealkylation sites (tertiary alicyclic amines) is 1. The summed E-state index contributed by atoms with van der Waals surface area (Å²) < 4.78 is 15.2. The normalized spacial score (nSPS) is 16.4. The second-order valence-corrected chi connectivity index (χ2v) is 9.56. The lowest BCUT2D eigenvalue weighted by molar-refractivity contribution is -0.150. The first-order valence-corrected chi connectivity index (χ1v) is 12.7. The third-order valence-electron chi connectivity index (χ3n) is 6.45. The summed E-state index contributed by atoms with van der Waals surface area (Å²) in [7, 11) is 1.66. The summed E-state index contributed by atoms with van der Waals surface area (Å²) in [6, 6.07) is 16.2. The Morgan fingerprint density at radius 1 is 1.17 bits per heavy atom. The quantitative estimate of drug-likeness (QED) is 0.307. The summed E-state index contributed by atoms with van der Waals surface area (Å²) in [4.78, 5) is 14.6. The van der Waals surface area contributed by atoms with Crippen LogP contribution in [0.15, 0.2) is 48.5 Å². The van der Waals surface area contributed by atoms with Crippen molar-refractivity contribution < 1.29 is 14.3 Å². The maximum Gasteiger partial charge on any atom is 0.310 e. The molecule has 4 rings (SSSR count). The standard InChI is InChI=1S/C27H34N4O3S/c1-5-34-26(32)21-9-8-16-29(17-21)18-30-27(35)31(24-11-7-6-10-23(24)19(2)3)25(28-30)20-12-14-22(33-4)15-13-20/h6-7,10-15,19,21H,5,8-9,16-18H2,1-4H3. The van der Waals surface area contributed by atoms with Gasteiger partial charge in [-0.05, 0) is 80.3 Å². The highest BCUT2D eigenvalue weighted by molar-refractivity contribution is 7.71. The molecule has 1 atom stereocenters. The van der Waals surface area contributed by atoms with Crippen molar-refractivity contribution in [2.75, 3.05) is 26.8 Å². The van der Waals surface area contributed by atoms with Gasteiger partial charge >= 0.3 is 5.97 Å². The van der Waals surface area contributed by atoms with E-state index in [1.165, 1.54) is 5.56 Å². The lowest BCUT2D eigenvalue weighted by Crippen LogP contribution is -2.40. The van der Waals surface area contributed by atoms with E-state index in [1.807, 2.05) is 41.9 Å². The van der Waals surface area contributed by atoms with E-state index in [4.69, 9.17) is 26.8 Å². The molecule has 1 aliphatic rings. The molecular weight excluding hydrogens is 460 g/mol. The van der Waals surface area contributed by atoms with Gasteiger partial charge in [-0.2, -0.15) is 0 Å². The van der Waals surface area contributed by atoms with E-state index in [0.717, 1.165) is 42.2 Å². The van der Waals surface area contributed by atoms with E-state index < -0.39 is 0 Å². The van der Waals surface area contributed by atoms with Crippen molar-refractivity contribution in [3.63, 3.8) is 0 Å². The van der Waals surface area contributed by atoms with E-state index in [9.17, 15) is 4.79 Å². The molecule has 1 aliphatic heterocycles. The number of rotatable bonds is 8. The molecule has 186 valence electrons. The summed E-state index contributed by atoms with van der Waals surface area (Å²) in [5.74, 6) is 1.68. The van der Waals surface area contributed by atoms with Crippen LogP contribution in [0.3, 0.4) is 0 Å². The van der Waals surface area contributed by atoms with Crippen LogP contribution in [0.4, 0.5) is 0 Å². The minimum Gasteiger partial charge on any atom is -0.497 e. The van der Waals surface area contributed by atoms with Crippen molar-refractivity contribution in [1.29, 1.82) is 0 Å². The van der Waals surface area contributed by atoms with Crippen LogP contribution >= 0.6 is 12.2 Å². The van der Waals surface area contributed by atoms with E-state index in [2.05, 4.69) is 41.5 Å². The number of nitrogens with zero attached hydrogens (tertiary/aromatic N) is 4. The smallest absolute Gasteiger partial charge is 0.310 e. The Morgan fingerprint density at radius 2 is 1.91 bits per heavy atom. The Hall–Kier alpha value is -2.97. The molecule has 1 saturated heterocycles. The van der Waals surface area contributed by atoms with E-state index in [-0.39, 0.29) is 11.9 Å². The third kappa shape index (κ3) is 5.49. The number of esters is 1. The van der Waals surface area contributed by atoms with Crippen molar-refractivity contribution in [3.8, 4) is 22.8 Å².